The quantitative estimate of drug-likeness (QED) is 0.562. The molecule has 1 heterocycles. The SMILES string of the molecule is COC[C@@H](OC(N)=O)C(=O)N[C@@H](CCCc1ccccc1)B1OC(C)(C)C(C)(C)O1. The summed E-state index contributed by atoms with van der Waals surface area (Å²) in [6.07, 6.45) is 0.0970. The van der Waals surface area contributed by atoms with Gasteiger partial charge in [-0.05, 0) is 52.5 Å². The van der Waals surface area contributed by atoms with E-state index in [0.717, 1.165) is 12.8 Å². The summed E-state index contributed by atoms with van der Waals surface area (Å²) >= 11 is 0. The van der Waals surface area contributed by atoms with Gasteiger partial charge in [0.05, 0.1) is 23.8 Å². The van der Waals surface area contributed by atoms with Crippen molar-refractivity contribution in [2.24, 2.45) is 5.73 Å². The van der Waals surface area contributed by atoms with E-state index >= 15 is 0 Å². The minimum absolute atomic E-state index is 0.102. The van der Waals surface area contributed by atoms with Crippen LogP contribution >= 0.6 is 0 Å². The van der Waals surface area contributed by atoms with Gasteiger partial charge in [-0.2, -0.15) is 0 Å². The molecule has 3 N–H and O–H groups in total. The lowest BCUT2D eigenvalue weighted by atomic mass is 9.75. The number of amides is 2. The number of hydrogen-bond donors (Lipinski definition) is 2. The first-order valence-corrected chi connectivity index (χ1v) is 10.2. The van der Waals surface area contributed by atoms with Crippen LogP contribution in [0.1, 0.15) is 46.1 Å². The highest BCUT2D eigenvalue weighted by molar-refractivity contribution is 6.48. The Hall–Kier alpha value is -2.10. The number of nitrogens with one attached hydrogen (secondary N) is 1. The second kappa shape index (κ2) is 10.3. The van der Waals surface area contributed by atoms with Gasteiger partial charge in [-0.1, -0.05) is 30.3 Å². The first kappa shape index (κ1) is 24.2. The Morgan fingerprint density at radius 1 is 1.13 bits per heavy atom. The summed E-state index contributed by atoms with van der Waals surface area (Å²) in [5.41, 5.74) is 5.23. The molecule has 1 aliphatic heterocycles. The van der Waals surface area contributed by atoms with E-state index in [1.54, 1.807) is 0 Å². The number of hydrogen-bond acceptors (Lipinski definition) is 6. The third kappa shape index (κ3) is 6.45. The van der Waals surface area contributed by atoms with E-state index in [9.17, 15) is 9.59 Å². The highest BCUT2D eigenvalue weighted by Crippen LogP contribution is 2.38. The van der Waals surface area contributed by atoms with Gasteiger partial charge < -0.3 is 29.8 Å². The molecule has 166 valence electrons. The Balaban J connectivity index is 2.09. The molecule has 1 saturated heterocycles. The number of carbonyl (C=O) groups is 2. The Labute approximate surface area is 178 Å². The van der Waals surface area contributed by atoms with E-state index in [-0.39, 0.29) is 6.61 Å². The van der Waals surface area contributed by atoms with Crippen LogP contribution in [-0.2, 0) is 30.0 Å². The molecule has 1 aliphatic rings. The number of rotatable bonds is 10. The number of methoxy groups -OCH3 is 1. The van der Waals surface area contributed by atoms with Crippen molar-refractivity contribution in [3.8, 4) is 0 Å². The average molecular weight is 420 g/mol. The van der Waals surface area contributed by atoms with E-state index in [2.05, 4.69) is 17.4 Å². The number of primary amides is 1. The van der Waals surface area contributed by atoms with E-state index in [0.29, 0.717) is 6.42 Å². The summed E-state index contributed by atoms with van der Waals surface area (Å²) < 4.78 is 22.2. The minimum atomic E-state index is -1.15. The summed E-state index contributed by atoms with van der Waals surface area (Å²) in [6, 6.07) is 10.1. The zero-order chi connectivity index (χ0) is 22.4. The summed E-state index contributed by atoms with van der Waals surface area (Å²) in [6.45, 7) is 7.73. The topological polar surface area (TPSA) is 109 Å². The number of aryl methyl sites for hydroxylation is 1. The smallest absolute Gasteiger partial charge is 0.434 e. The molecule has 0 aliphatic carbocycles. The first-order chi connectivity index (χ1) is 14.1. The van der Waals surface area contributed by atoms with Crippen molar-refractivity contribution >= 4 is 19.1 Å². The predicted molar refractivity (Wildman–Crippen MR) is 114 cm³/mol. The molecule has 1 fully saturated rings. The van der Waals surface area contributed by atoms with Gasteiger partial charge in [0.1, 0.15) is 0 Å². The van der Waals surface area contributed by atoms with Gasteiger partial charge in [-0.15, -0.1) is 0 Å². The Kier molecular flexibility index (Phi) is 8.29. The third-order valence-corrected chi connectivity index (χ3v) is 5.62. The summed E-state index contributed by atoms with van der Waals surface area (Å²) in [4.78, 5) is 23.9. The van der Waals surface area contributed by atoms with Gasteiger partial charge in [0.2, 0.25) is 6.10 Å². The normalized spacial score (nSPS) is 19.2. The number of benzene rings is 1. The van der Waals surface area contributed by atoms with Crippen LogP contribution in [0.3, 0.4) is 0 Å². The van der Waals surface area contributed by atoms with Crippen molar-refractivity contribution in [3.63, 3.8) is 0 Å². The predicted octanol–water partition coefficient (Wildman–Crippen LogP) is 2.24. The molecule has 1 aromatic rings. The molecular formula is C21H33BN2O6. The van der Waals surface area contributed by atoms with Gasteiger partial charge in [-0.25, -0.2) is 4.79 Å². The van der Waals surface area contributed by atoms with E-state index in [4.69, 9.17) is 24.5 Å². The molecule has 0 saturated carbocycles. The lowest BCUT2D eigenvalue weighted by Gasteiger charge is -2.32. The second-order valence-electron chi connectivity index (χ2n) is 8.50. The van der Waals surface area contributed by atoms with Crippen molar-refractivity contribution in [1.29, 1.82) is 0 Å². The molecular weight excluding hydrogens is 387 g/mol. The van der Waals surface area contributed by atoms with Crippen LogP contribution in [0.25, 0.3) is 0 Å². The summed E-state index contributed by atoms with van der Waals surface area (Å²) in [5.74, 6) is -0.937. The maximum Gasteiger partial charge on any atom is 0.481 e. The largest absolute Gasteiger partial charge is 0.481 e. The van der Waals surface area contributed by atoms with Crippen LogP contribution < -0.4 is 11.1 Å². The molecule has 0 spiro atoms. The minimum Gasteiger partial charge on any atom is -0.434 e. The van der Waals surface area contributed by atoms with Crippen LogP contribution in [0.2, 0.25) is 0 Å². The Bertz CT molecular complexity index is 697. The van der Waals surface area contributed by atoms with Crippen LogP contribution in [0.4, 0.5) is 4.79 Å². The average Bonchev–Trinajstić information content (AvgIpc) is 2.88. The molecule has 2 atom stereocenters. The van der Waals surface area contributed by atoms with Gasteiger partial charge >= 0.3 is 13.2 Å². The summed E-state index contributed by atoms with van der Waals surface area (Å²) in [5, 5.41) is 2.91. The number of carbonyl (C=O) groups excluding carboxylic acids is 2. The molecule has 1 aromatic carbocycles. The third-order valence-electron chi connectivity index (χ3n) is 5.62. The van der Waals surface area contributed by atoms with Crippen molar-refractivity contribution < 1.29 is 28.4 Å². The monoisotopic (exact) mass is 420 g/mol. The lowest BCUT2D eigenvalue weighted by molar-refractivity contribution is -0.132. The summed E-state index contributed by atoms with van der Waals surface area (Å²) in [7, 11) is 0.780. The molecule has 8 nitrogen and oxygen atoms in total. The highest BCUT2D eigenvalue weighted by atomic mass is 16.7. The van der Waals surface area contributed by atoms with Crippen LogP contribution in [0.5, 0.6) is 0 Å². The standard InChI is InChI=1S/C21H33BN2O6/c1-20(2)21(3,4)30-22(29-20)17(13-9-12-15-10-7-6-8-11-15)24-18(25)16(14-27-5)28-19(23)26/h6-8,10-11,16-17H,9,12-14H2,1-5H3,(H2,23,26)(H,24,25)/t16-,17+/m1/s1. The van der Waals surface area contributed by atoms with Crippen molar-refractivity contribution in [2.75, 3.05) is 13.7 Å². The van der Waals surface area contributed by atoms with E-state index < -0.39 is 42.4 Å². The highest BCUT2D eigenvalue weighted by Gasteiger charge is 2.54. The zero-order valence-electron chi connectivity index (χ0n) is 18.5. The van der Waals surface area contributed by atoms with Gasteiger partial charge in [0.15, 0.2) is 0 Å². The maximum absolute atomic E-state index is 12.8. The van der Waals surface area contributed by atoms with Crippen LogP contribution in [0, 0.1) is 0 Å². The van der Waals surface area contributed by atoms with Gasteiger partial charge in [-0.3, -0.25) is 4.79 Å². The molecule has 9 heteroatoms. The molecule has 0 unspecified atom stereocenters. The lowest BCUT2D eigenvalue weighted by Crippen LogP contribution is -2.52. The van der Waals surface area contributed by atoms with Crippen molar-refractivity contribution in [2.45, 2.75) is 70.2 Å². The zero-order valence-corrected chi connectivity index (χ0v) is 18.5. The molecule has 2 amide bonds. The molecule has 0 bridgehead atoms. The molecule has 0 aromatic heterocycles. The van der Waals surface area contributed by atoms with E-state index in [1.165, 1.54) is 12.7 Å². The molecule has 0 radical (unpaired) electrons. The number of ether oxygens (including phenoxy) is 2. The first-order valence-electron chi connectivity index (χ1n) is 10.2. The van der Waals surface area contributed by atoms with Gasteiger partial charge in [0, 0.05) is 7.11 Å². The Morgan fingerprint density at radius 3 is 2.27 bits per heavy atom. The fourth-order valence-electron chi connectivity index (χ4n) is 3.23. The van der Waals surface area contributed by atoms with Gasteiger partial charge in [0.25, 0.3) is 5.91 Å². The molecule has 30 heavy (non-hydrogen) atoms. The Morgan fingerprint density at radius 2 is 1.73 bits per heavy atom. The van der Waals surface area contributed by atoms with Crippen molar-refractivity contribution in [1.82, 2.24) is 5.32 Å². The van der Waals surface area contributed by atoms with Crippen molar-refractivity contribution in [3.05, 3.63) is 35.9 Å². The fourth-order valence-corrected chi connectivity index (χ4v) is 3.23. The van der Waals surface area contributed by atoms with Crippen LogP contribution in [0.15, 0.2) is 30.3 Å². The van der Waals surface area contributed by atoms with Crippen LogP contribution in [-0.4, -0.2) is 56.1 Å². The maximum atomic E-state index is 12.8. The molecule has 2 rings (SSSR count). The second-order valence-corrected chi connectivity index (χ2v) is 8.50. The fraction of sp³-hybridized carbons (Fsp3) is 0.619. The van der Waals surface area contributed by atoms with E-state index in [1.807, 2.05) is 45.9 Å². The number of nitrogens with two attached hydrogens (primary N) is 1.